The molecule has 0 fully saturated rings. The lowest BCUT2D eigenvalue weighted by Crippen LogP contribution is -2.35. The largest absolute Gasteiger partial charge is 0.431 e. The van der Waals surface area contributed by atoms with Crippen molar-refractivity contribution in [3.8, 4) is 0 Å². The summed E-state index contributed by atoms with van der Waals surface area (Å²) in [5.41, 5.74) is -1.45. The molecule has 1 atom stereocenters. The molecule has 29 heavy (non-hydrogen) atoms. The van der Waals surface area contributed by atoms with Gasteiger partial charge in [-0.05, 0) is 42.0 Å². The van der Waals surface area contributed by atoms with Gasteiger partial charge in [0.1, 0.15) is 23.9 Å². The summed E-state index contributed by atoms with van der Waals surface area (Å²) in [6.07, 6.45) is -3.75. The van der Waals surface area contributed by atoms with Crippen molar-refractivity contribution in [3.05, 3.63) is 87.5 Å². The van der Waals surface area contributed by atoms with E-state index in [9.17, 15) is 22.4 Å². The van der Waals surface area contributed by atoms with Gasteiger partial charge < -0.3 is 5.32 Å². The van der Waals surface area contributed by atoms with Crippen molar-refractivity contribution >= 4 is 27.7 Å². The molecule has 4 rings (SSSR count). The van der Waals surface area contributed by atoms with E-state index < -0.39 is 35.1 Å². The number of carbonyl (C=O) groups is 1. The molecule has 10 heteroatoms. The van der Waals surface area contributed by atoms with Crippen LogP contribution >= 0.6 is 15.9 Å². The van der Waals surface area contributed by atoms with Crippen LogP contribution in [0.3, 0.4) is 0 Å². The first-order valence-corrected chi connectivity index (χ1v) is 9.08. The van der Waals surface area contributed by atoms with E-state index in [1.54, 1.807) is 24.3 Å². The fourth-order valence-corrected chi connectivity index (χ4v) is 3.59. The molecule has 5 nitrogen and oxygen atoms in total. The number of nitrogens with one attached hydrogen (secondary N) is 1. The molecule has 2 heterocycles. The van der Waals surface area contributed by atoms with Crippen LogP contribution in [0.5, 0.6) is 0 Å². The SMILES string of the molecule is O=C(C1=C(C(F)(F)F)Nc2ncnn2C1c1cccc(Br)c1)c1ccc(F)cc1. The zero-order chi connectivity index (χ0) is 20.8. The second-order valence-electron chi connectivity index (χ2n) is 6.23. The molecule has 0 saturated heterocycles. The summed E-state index contributed by atoms with van der Waals surface area (Å²) in [6.45, 7) is 0. The van der Waals surface area contributed by atoms with Gasteiger partial charge in [-0.15, -0.1) is 0 Å². The van der Waals surface area contributed by atoms with Crippen LogP contribution in [0, 0.1) is 5.82 Å². The first-order valence-electron chi connectivity index (χ1n) is 8.29. The Kier molecular flexibility index (Phi) is 4.73. The van der Waals surface area contributed by atoms with Crippen molar-refractivity contribution in [3.63, 3.8) is 0 Å². The molecule has 3 aromatic rings. The van der Waals surface area contributed by atoms with Crippen molar-refractivity contribution in [2.24, 2.45) is 0 Å². The van der Waals surface area contributed by atoms with Crippen LogP contribution in [-0.4, -0.2) is 26.7 Å². The predicted octanol–water partition coefficient (Wildman–Crippen LogP) is 4.89. The maximum atomic E-state index is 13.9. The third kappa shape index (κ3) is 3.55. The minimum Gasteiger partial charge on any atom is -0.320 e. The lowest BCUT2D eigenvalue weighted by atomic mass is 9.89. The van der Waals surface area contributed by atoms with Crippen LogP contribution in [0.4, 0.5) is 23.5 Å². The van der Waals surface area contributed by atoms with E-state index in [-0.39, 0.29) is 11.5 Å². The van der Waals surface area contributed by atoms with Gasteiger partial charge in [-0.1, -0.05) is 28.1 Å². The summed E-state index contributed by atoms with van der Waals surface area (Å²) in [5, 5.41) is 6.20. The molecule has 0 saturated carbocycles. The molecule has 0 spiro atoms. The Labute approximate surface area is 170 Å². The number of ketones is 1. The average molecular weight is 467 g/mol. The molecule has 0 aliphatic carbocycles. The molecule has 0 radical (unpaired) electrons. The molecule has 148 valence electrons. The number of alkyl halides is 3. The van der Waals surface area contributed by atoms with Crippen molar-refractivity contribution in [2.75, 3.05) is 5.32 Å². The lowest BCUT2D eigenvalue weighted by molar-refractivity contribution is -0.0918. The highest BCUT2D eigenvalue weighted by Crippen LogP contribution is 2.42. The number of hydrogen-bond donors (Lipinski definition) is 1. The van der Waals surface area contributed by atoms with Gasteiger partial charge in [0.25, 0.3) is 0 Å². The number of nitrogens with zero attached hydrogens (tertiary/aromatic N) is 3. The van der Waals surface area contributed by atoms with Gasteiger partial charge in [0, 0.05) is 10.0 Å². The van der Waals surface area contributed by atoms with Crippen LogP contribution in [0.2, 0.25) is 0 Å². The Bertz CT molecular complexity index is 1120. The highest BCUT2D eigenvalue weighted by atomic mass is 79.9. The maximum absolute atomic E-state index is 13.9. The Hall–Kier alpha value is -3.01. The highest BCUT2D eigenvalue weighted by Gasteiger charge is 2.46. The number of allylic oxidation sites excluding steroid dienone is 2. The fourth-order valence-electron chi connectivity index (χ4n) is 3.17. The Balaban J connectivity index is 1.97. The van der Waals surface area contributed by atoms with Gasteiger partial charge in [-0.25, -0.2) is 9.07 Å². The molecular formula is C19H11BrF4N4O. The van der Waals surface area contributed by atoms with E-state index in [1.807, 2.05) is 0 Å². The predicted molar refractivity (Wildman–Crippen MR) is 99.7 cm³/mol. The zero-order valence-electron chi connectivity index (χ0n) is 14.4. The second-order valence-corrected chi connectivity index (χ2v) is 7.15. The normalized spacial score (nSPS) is 16.4. The van der Waals surface area contributed by atoms with E-state index in [0.29, 0.717) is 10.0 Å². The number of carbonyl (C=O) groups excluding carboxylic acids is 1. The molecule has 1 aliphatic heterocycles. The highest BCUT2D eigenvalue weighted by molar-refractivity contribution is 9.10. The van der Waals surface area contributed by atoms with Crippen molar-refractivity contribution in [2.45, 2.75) is 12.2 Å². The van der Waals surface area contributed by atoms with Crippen LogP contribution in [0.15, 0.2) is 70.6 Å². The van der Waals surface area contributed by atoms with Crippen LogP contribution in [0.1, 0.15) is 22.0 Å². The summed E-state index contributed by atoms with van der Waals surface area (Å²) in [6, 6.07) is 9.71. The standard InChI is InChI=1S/C19H11BrF4N4O/c20-12-3-1-2-11(8-12)15-14(16(29)10-4-6-13(21)7-5-10)17(19(22,23)24)27-18-25-9-26-28(15)18/h1-9,15H,(H,25,26,27). The molecule has 1 unspecified atom stereocenters. The number of aromatic nitrogens is 3. The quantitative estimate of drug-likeness (QED) is 0.440. The van der Waals surface area contributed by atoms with Gasteiger partial charge in [0.2, 0.25) is 5.95 Å². The molecule has 2 aromatic carbocycles. The van der Waals surface area contributed by atoms with Crippen LogP contribution < -0.4 is 5.32 Å². The van der Waals surface area contributed by atoms with Gasteiger partial charge in [-0.2, -0.15) is 23.3 Å². The van der Waals surface area contributed by atoms with Crippen molar-refractivity contribution in [1.82, 2.24) is 14.8 Å². The number of halogens is 5. The van der Waals surface area contributed by atoms with Crippen molar-refractivity contribution in [1.29, 1.82) is 0 Å². The van der Waals surface area contributed by atoms with Crippen LogP contribution in [-0.2, 0) is 0 Å². The first kappa shape index (κ1) is 19.3. The van der Waals surface area contributed by atoms with E-state index >= 15 is 0 Å². The number of fused-ring (bicyclic) bond motifs is 1. The summed E-state index contributed by atoms with van der Waals surface area (Å²) in [7, 11) is 0. The molecule has 0 bridgehead atoms. The number of hydrogen-bond acceptors (Lipinski definition) is 4. The molecule has 1 aliphatic rings. The first-order chi connectivity index (χ1) is 13.8. The number of rotatable bonds is 3. The van der Waals surface area contributed by atoms with Crippen molar-refractivity contribution < 1.29 is 22.4 Å². The smallest absolute Gasteiger partial charge is 0.320 e. The molecule has 1 aromatic heterocycles. The van der Waals surface area contributed by atoms with E-state index in [2.05, 4.69) is 31.3 Å². The Morgan fingerprint density at radius 2 is 1.86 bits per heavy atom. The third-order valence-electron chi connectivity index (χ3n) is 4.40. The second kappa shape index (κ2) is 7.11. The van der Waals surface area contributed by atoms with Gasteiger partial charge in [-0.3, -0.25) is 4.79 Å². The summed E-state index contributed by atoms with van der Waals surface area (Å²) < 4.78 is 56.8. The molecular weight excluding hydrogens is 456 g/mol. The summed E-state index contributed by atoms with van der Waals surface area (Å²) in [4.78, 5) is 17.0. The monoisotopic (exact) mass is 466 g/mol. The maximum Gasteiger partial charge on any atom is 0.431 e. The van der Waals surface area contributed by atoms with Gasteiger partial charge in [0.05, 0.1) is 5.57 Å². The number of benzene rings is 2. The fraction of sp³-hybridized carbons (Fsp3) is 0.105. The van der Waals surface area contributed by atoms with Gasteiger partial charge in [0.15, 0.2) is 5.78 Å². The lowest BCUT2D eigenvalue weighted by Gasteiger charge is -2.30. The van der Waals surface area contributed by atoms with Gasteiger partial charge >= 0.3 is 6.18 Å². The minimum absolute atomic E-state index is 0.0755. The topological polar surface area (TPSA) is 59.8 Å². The Morgan fingerprint density at radius 3 is 2.52 bits per heavy atom. The third-order valence-corrected chi connectivity index (χ3v) is 4.89. The Morgan fingerprint density at radius 1 is 1.14 bits per heavy atom. The molecule has 0 amide bonds. The van der Waals surface area contributed by atoms with E-state index in [4.69, 9.17) is 0 Å². The zero-order valence-corrected chi connectivity index (χ0v) is 16.0. The van der Waals surface area contributed by atoms with E-state index in [0.717, 1.165) is 30.6 Å². The molecule has 1 N–H and O–H groups in total. The van der Waals surface area contributed by atoms with Crippen LogP contribution in [0.25, 0.3) is 0 Å². The number of anilines is 1. The van der Waals surface area contributed by atoms with E-state index in [1.165, 1.54) is 4.68 Å². The summed E-state index contributed by atoms with van der Waals surface area (Å²) in [5.74, 6) is -1.63. The minimum atomic E-state index is -4.85. The average Bonchev–Trinajstić information content (AvgIpc) is 3.14. The summed E-state index contributed by atoms with van der Waals surface area (Å²) >= 11 is 3.30. The number of Topliss-reactive ketones (excluding diaryl/α,β-unsaturated/α-hetero) is 1.